The van der Waals surface area contributed by atoms with Gasteiger partial charge in [-0.05, 0) is 54.2 Å². The second-order valence-electron chi connectivity index (χ2n) is 4.94. The van der Waals surface area contributed by atoms with E-state index in [1.807, 2.05) is 65.5 Å². The molecule has 116 valence electrons. The van der Waals surface area contributed by atoms with Gasteiger partial charge in [0, 0.05) is 29.6 Å². The van der Waals surface area contributed by atoms with Crippen LogP contribution in [0.5, 0.6) is 0 Å². The first kappa shape index (κ1) is 15.5. The largest absolute Gasteiger partial charge is 0.358 e. The van der Waals surface area contributed by atoms with Crippen LogP contribution in [-0.4, -0.2) is 14.9 Å². The lowest BCUT2D eigenvalue weighted by Gasteiger charge is -2.11. The molecule has 6 heteroatoms. The van der Waals surface area contributed by atoms with Gasteiger partial charge in [0.05, 0.1) is 5.69 Å². The van der Waals surface area contributed by atoms with E-state index in [-0.39, 0.29) is 0 Å². The number of anilines is 1. The molecule has 0 aliphatic carbocycles. The van der Waals surface area contributed by atoms with Crippen molar-refractivity contribution in [3.63, 3.8) is 0 Å². The van der Waals surface area contributed by atoms with Gasteiger partial charge in [0.1, 0.15) is 0 Å². The minimum atomic E-state index is 0.559. The number of benzene rings is 2. The van der Waals surface area contributed by atoms with E-state index in [2.05, 4.69) is 15.7 Å². The minimum absolute atomic E-state index is 0.559. The van der Waals surface area contributed by atoms with Crippen molar-refractivity contribution < 1.29 is 0 Å². The van der Waals surface area contributed by atoms with Crippen molar-refractivity contribution in [2.45, 2.75) is 6.54 Å². The van der Waals surface area contributed by atoms with E-state index in [4.69, 9.17) is 23.8 Å². The molecule has 0 amide bonds. The fourth-order valence-corrected chi connectivity index (χ4v) is 2.49. The predicted octanol–water partition coefficient (Wildman–Crippen LogP) is 4.01. The van der Waals surface area contributed by atoms with E-state index < -0.39 is 0 Å². The van der Waals surface area contributed by atoms with Crippen LogP contribution in [0.4, 0.5) is 5.69 Å². The van der Waals surface area contributed by atoms with Crippen molar-refractivity contribution in [3.05, 3.63) is 77.6 Å². The molecule has 2 aromatic carbocycles. The van der Waals surface area contributed by atoms with Crippen LogP contribution in [0.1, 0.15) is 5.56 Å². The molecule has 0 aliphatic rings. The molecule has 0 saturated heterocycles. The number of nitrogens with zero attached hydrogens (tertiary/aromatic N) is 2. The second kappa shape index (κ2) is 7.26. The van der Waals surface area contributed by atoms with E-state index in [0.29, 0.717) is 16.7 Å². The summed E-state index contributed by atoms with van der Waals surface area (Å²) in [6, 6.07) is 17.5. The molecule has 1 aromatic heterocycles. The topological polar surface area (TPSA) is 41.9 Å². The first-order valence-corrected chi connectivity index (χ1v) is 7.89. The average molecular weight is 343 g/mol. The lowest BCUT2D eigenvalue weighted by atomic mass is 10.2. The van der Waals surface area contributed by atoms with Crippen molar-refractivity contribution in [1.82, 2.24) is 15.1 Å². The van der Waals surface area contributed by atoms with E-state index in [0.717, 1.165) is 16.9 Å². The first-order chi connectivity index (χ1) is 11.2. The fourth-order valence-electron chi connectivity index (χ4n) is 2.11. The number of hydrogen-bond acceptors (Lipinski definition) is 2. The Hall–Kier alpha value is -2.37. The highest BCUT2D eigenvalue weighted by Crippen LogP contribution is 2.14. The summed E-state index contributed by atoms with van der Waals surface area (Å²) in [4.78, 5) is 0. The highest BCUT2D eigenvalue weighted by Gasteiger charge is 2.00. The van der Waals surface area contributed by atoms with Crippen LogP contribution in [0, 0.1) is 0 Å². The van der Waals surface area contributed by atoms with Crippen LogP contribution in [0.25, 0.3) is 5.69 Å². The Kier molecular flexibility index (Phi) is 4.90. The summed E-state index contributed by atoms with van der Waals surface area (Å²) in [7, 11) is 0. The van der Waals surface area contributed by atoms with Gasteiger partial charge in [-0.1, -0.05) is 29.8 Å². The molecular weight excluding hydrogens is 328 g/mol. The molecule has 23 heavy (non-hydrogen) atoms. The number of rotatable bonds is 4. The summed E-state index contributed by atoms with van der Waals surface area (Å²) in [5.41, 5.74) is 3.03. The monoisotopic (exact) mass is 342 g/mol. The summed E-state index contributed by atoms with van der Waals surface area (Å²) in [6.45, 7) is 0.645. The van der Waals surface area contributed by atoms with Crippen molar-refractivity contribution >= 4 is 34.6 Å². The standard InChI is InChI=1S/C17H15ClN4S/c18-14-3-1-4-15(11-14)21-17(23)19-12-13-5-7-16(8-6-13)22-10-2-9-20-22/h1-11H,12H2,(H2,19,21,23). The molecule has 0 aliphatic heterocycles. The molecule has 0 fully saturated rings. The molecule has 1 heterocycles. The Morgan fingerprint density at radius 3 is 2.65 bits per heavy atom. The van der Waals surface area contributed by atoms with Gasteiger partial charge in [0.25, 0.3) is 0 Å². The summed E-state index contributed by atoms with van der Waals surface area (Å²) in [6.07, 6.45) is 3.67. The maximum Gasteiger partial charge on any atom is 0.171 e. The second-order valence-corrected chi connectivity index (χ2v) is 5.78. The Labute approximate surface area is 145 Å². The molecular formula is C17H15ClN4S. The van der Waals surface area contributed by atoms with Gasteiger partial charge in [-0.3, -0.25) is 0 Å². The van der Waals surface area contributed by atoms with E-state index in [9.17, 15) is 0 Å². The zero-order valence-electron chi connectivity index (χ0n) is 12.2. The van der Waals surface area contributed by atoms with Gasteiger partial charge in [-0.25, -0.2) is 4.68 Å². The Morgan fingerprint density at radius 1 is 1.13 bits per heavy atom. The Morgan fingerprint density at radius 2 is 1.96 bits per heavy atom. The molecule has 0 spiro atoms. The molecule has 0 radical (unpaired) electrons. The molecule has 0 saturated carbocycles. The zero-order valence-corrected chi connectivity index (χ0v) is 13.8. The van der Waals surface area contributed by atoms with E-state index in [1.165, 1.54) is 0 Å². The zero-order chi connectivity index (χ0) is 16.1. The lowest BCUT2D eigenvalue weighted by Crippen LogP contribution is -2.27. The fraction of sp³-hybridized carbons (Fsp3) is 0.0588. The first-order valence-electron chi connectivity index (χ1n) is 7.10. The number of halogens is 1. The average Bonchev–Trinajstić information content (AvgIpc) is 3.08. The molecule has 0 unspecified atom stereocenters. The summed E-state index contributed by atoms with van der Waals surface area (Å²) in [5, 5.41) is 11.7. The van der Waals surface area contributed by atoms with Crippen LogP contribution < -0.4 is 10.6 Å². The van der Waals surface area contributed by atoms with Crippen LogP contribution >= 0.6 is 23.8 Å². The number of thiocarbonyl (C=S) groups is 1. The van der Waals surface area contributed by atoms with Crippen molar-refractivity contribution in [3.8, 4) is 5.69 Å². The van der Waals surface area contributed by atoms with Gasteiger partial charge in [0.2, 0.25) is 0 Å². The molecule has 3 rings (SSSR count). The summed E-state index contributed by atoms with van der Waals surface area (Å²) >= 11 is 11.2. The highest BCUT2D eigenvalue weighted by atomic mass is 35.5. The number of nitrogens with one attached hydrogen (secondary N) is 2. The predicted molar refractivity (Wildman–Crippen MR) is 98.1 cm³/mol. The molecule has 3 aromatic rings. The normalized spacial score (nSPS) is 10.3. The van der Waals surface area contributed by atoms with Gasteiger partial charge in [-0.15, -0.1) is 0 Å². The number of hydrogen-bond donors (Lipinski definition) is 2. The molecule has 4 nitrogen and oxygen atoms in total. The summed E-state index contributed by atoms with van der Waals surface area (Å²) in [5.74, 6) is 0. The van der Waals surface area contributed by atoms with Crippen molar-refractivity contribution in [2.75, 3.05) is 5.32 Å². The van der Waals surface area contributed by atoms with E-state index in [1.54, 1.807) is 6.20 Å². The van der Waals surface area contributed by atoms with Crippen molar-refractivity contribution in [2.24, 2.45) is 0 Å². The third kappa shape index (κ3) is 4.31. The van der Waals surface area contributed by atoms with Gasteiger partial charge in [-0.2, -0.15) is 5.10 Å². The smallest absolute Gasteiger partial charge is 0.171 e. The van der Waals surface area contributed by atoms with Gasteiger partial charge in [0.15, 0.2) is 5.11 Å². The molecule has 2 N–H and O–H groups in total. The maximum absolute atomic E-state index is 5.95. The quantitative estimate of drug-likeness (QED) is 0.703. The maximum atomic E-state index is 5.95. The lowest BCUT2D eigenvalue weighted by molar-refractivity contribution is 0.874. The molecule has 0 atom stereocenters. The number of aromatic nitrogens is 2. The Bertz CT molecular complexity index is 785. The minimum Gasteiger partial charge on any atom is -0.358 e. The SMILES string of the molecule is S=C(NCc1ccc(-n2cccn2)cc1)Nc1cccc(Cl)c1. The third-order valence-electron chi connectivity index (χ3n) is 3.24. The van der Waals surface area contributed by atoms with Gasteiger partial charge < -0.3 is 10.6 Å². The van der Waals surface area contributed by atoms with E-state index >= 15 is 0 Å². The van der Waals surface area contributed by atoms with Crippen LogP contribution in [0.2, 0.25) is 5.02 Å². The molecule has 0 bridgehead atoms. The van der Waals surface area contributed by atoms with Crippen LogP contribution in [-0.2, 0) is 6.54 Å². The highest BCUT2D eigenvalue weighted by molar-refractivity contribution is 7.80. The van der Waals surface area contributed by atoms with Crippen LogP contribution in [0.3, 0.4) is 0 Å². The van der Waals surface area contributed by atoms with Crippen molar-refractivity contribution in [1.29, 1.82) is 0 Å². The Balaban J connectivity index is 1.54. The third-order valence-corrected chi connectivity index (χ3v) is 3.72. The van der Waals surface area contributed by atoms with Gasteiger partial charge >= 0.3 is 0 Å². The summed E-state index contributed by atoms with van der Waals surface area (Å²) < 4.78 is 1.82. The van der Waals surface area contributed by atoms with Crippen LogP contribution in [0.15, 0.2) is 67.0 Å².